The van der Waals surface area contributed by atoms with E-state index in [0.717, 1.165) is 6.07 Å². The van der Waals surface area contributed by atoms with Gasteiger partial charge >= 0.3 is 6.09 Å². The number of hydrogen-bond donors (Lipinski definition) is 0. The summed E-state index contributed by atoms with van der Waals surface area (Å²) in [7, 11) is 0. The molecule has 0 bridgehead atoms. The summed E-state index contributed by atoms with van der Waals surface area (Å²) in [6, 6.07) is 1.49. The summed E-state index contributed by atoms with van der Waals surface area (Å²) in [6.07, 6.45) is -0.744. The predicted octanol–water partition coefficient (Wildman–Crippen LogP) is 3.49. The van der Waals surface area contributed by atoms with Crippen molar-refractivity contribution in [1.82, 2.24) is 4.90 Å². The second-order valence-electron chi connectivity index (χ2n) is 6.13. The monoisotopic (exact) mass is 317 g/mol. The summed E-state index contributed by atoms with van der Waals surface area (Å²) < 4.78 is 50.6. The second kappa shape index (κ2) is 6.06. The number of rotatable bonds is 2. The number of halogens is 3. The minimum absolute atomic E-state index is 0.129. The maximum atomic E-state index is 13.5. The van der Waals surface area contributed by atoms with Gasteiger partial charge in [0, 0.05) is 13.0 Å². The molecule has 0 spiro atoms. The molecule has 1 heterocycles. The number of hydrogen-bond acceptors (Lipinski definition) is 3. The number of benzene rings is 1. The van der Waals surface area contributed by atoms with Crippen molar-refractivity contribution in [1.29, 1.82) is 0 Å². The van der Waals surface area contributed by atoms with Crippen LogP contribution in [0.3, 0.4) is 0 Å². The Bertz CT molecular complexity index is 572. The van der Waals surface area contributed by atoms with Crippen LogP contribution in [0, 0.1) is 17.5 Å². The lowest BCUT2D eigenvalue weighted by Crippen LogP contribution is -2.36. The van der Waals surface area contributed by atoms with Gasteiger partial charge in [-0.25, -0.2) is 13.6 Å². The topological polar surface area (TPSA) is 38.8 Å². The van der Waals surface area contributed by atoms with E-state index in [9.17, 15) is 18.0 Å². The zero-order valence-corrected chi connectivity index (χ0v) is 12.7. The molecule has 1 amide bonds. The Morgan fingerprint density at radius 2 is 1.86 bits per heavy atom. The van der Waals surface area contributed by atoms with E-state index in [-0.39, 0.29) is 6.54 Å². The van der Waals surface area contributed by atoms with E-state index in [2.05, 4.69) is 0 Å². The molecule has 22 heavy (non-hydrogen) atoms. The predicted molar refractivity (Wildman–Crippen MR) is 73.2 cm³/mol. The van der Waals surface area contributed by atoms with Gasteiger partial charge in [-0.1, -0.05) is 0 Å². The van der Waals surface area contributed by atoms with Crippen molar-refractivity contribution in [3.63, 3.8) is 0 Å². The number of likely N-dealkylation sites (tertiary alicyclic amines) is 1. The van der Waals surface area contributed by atoms with Crippen molar-refractivity contribution in [2.75, 3.05) is 13.1 Å². The number of carbonyl (C=O) groups is 1. The molecule has 1 saturated heterocycles. The van der Waals surface area contributed by atoms with Crippen molar-refractivity contribution < 1.29 is 27.4 Å². The molecule has 7 heteroatoms. The molecular weight excluding hydrogens is 299 g/mol. The second-order valence-corrected chi connectivity index (χ2v) is 6.13. The molecule has 0 radical (unpaired) electrons. The van der Waals surface area contributed by atoms with Crippen LogP contribution in [0.2, 0.25) is 0 Å². The first-order chi connectivity index (χ1) is 10.2. The molecule has 1 aliphatic rings. The Balaban J connectivity index is 2.00. The summed E-state index contributed by atoms with van der Waals surface area (Å²) in [5, 5.41) is 0. The molecule has 0 saturated carbocycles. The van der Waals surface area contributed by atoms with Gasteiger partial charge in [-0.3, -0.25) is 0 Å². The number of ether oxygens (including phenoxy) is 2. The van der Waals surface area contributed by atoms with Crippen molar-refractivity contribution in [3.05, 3.63) is 29.6 Å². The molecular formula is C15H18F3NO3. The van der Waals surface area contributed by atoms with E-state index in [4.69, 9.17) is 9.47 Å². The lowest BCUT2D eigenvalue weighted by Gasteiger charge is -2.24. The Morgan fingerprint density at radius 3 is 2.50 bits per heavy atom. The van der Waals surface area contributed by atoms with Crippen LogP contribution in [0.25, 0.3) is 0 Å². The third-order valence-electron chi connectivity index (χ3n) is 3.08. The molecule has 4 nitrogen and oxygen atoms in total. The fraction of sp³-hybridized carbons (Fsp3) is 0.533. The average molecular weight is 317 g/mol. The number of carbonyl (C=O) groups excluding carboxylic acids is 1. The Hall–Kier alpha value is -1.92. The third-order valence-corrected chi connectivity index (χ3v) is 3.08. The van der Waals surface area contributed by atoms with Crippen LogP contribution in [-0.2, 0) is 4.74 Å². The lowest BCUT2D eigenvalue weighted by atomic mass is 10.2. The molecule has 1 aliphatic heterocycles. The molecule has 0 unspecified atom stereocenters. The highest BCUT2D eigenvalue weighted by molar-refractivity contribution is 5.68. The van der Waals surface area contributed by atoms with Crippen LogP contribution in [0.1, 0.15) is 27.2 Å². The summed E-state index contributed by atoms with van der Waals surface area (Å²) in [4.78, 5) is 13.3. The maximum absolute atomic E-state index is 13.5. The highest BCUT2D eigenvalue weighted by Crippen LogP contribution is 2.27. The van der Waals surface area contributed by atoms with Crippen LogP contribution in [0.5, 0.6) is 5.75 Å². The minimum atomic E-state index is -1.37. The zero-order valence-electron chi connectivity index (χ0n) is 12.7. The Morgan fingerprint density at radius 1 is 1.23 bits per heavy atom. The van der Waals surface area contributed by atoms with Crippen LogP contribution >= 0.6 is 0 Å². The van der Waals surface area contributed by atoms with Crippen molar-refractivity contribution in [3.8, 4) is 5.75 Å². The third kappa shape index (κ3) is 3.84. The Kier molecular flexibility index (Phi) is 4.53. The van der Waals surface area contributed by atoms with Gasteiger partial charge in [-0.15, -0.1) is 0 Å². The first-order valence-electron chi connectivity index (χ1n) is 6.95. The van der Waals surface area contributed by atoms with E-state index in [1.165, 1.54) is 4.90 Å². The number of amides is 1. The van der Waals surface area contributed by atoms with E-state index in [1.807, 2.05) is 0 Å². The highest BCUT2D eigenvalue weighted by atomic mass is 19.2. The smallest absolute Gasteiger partial charge is 0.410 e. The molecule has 1 aromatic rings. The molecule has 2 rings (SSSR count). The fourth-order valence-electron chi connectivity index (χ4n) is 2.10. The molecule has 0 aliphatic carbocycles. The van der Waals surface area contributed by atoms with E-state index >= 15 is 0 Å². The van der Waals surface area contributed by atoms with Gasteiger partial charge in [0.25, 0.3) is 0 Å². The lowest BCUT2D eigenvalue weighted by molar-refractivity contribution is 0.0274. The zero-order chi connectivity index (χ0) is 16.5. The SMILES string of the molecule is CC(C)(C)OC(=O)N1CC[C@H](Oc2c(F)ccc(F)c2F)C1. The van der Waals surface area contributed by atoms with Gasteiger partial charge in [0.15, 0.2) is 17.4 Å². The van der Waals surface area contributed by atoms with Crippen molar-refractivity contribution >= 4 is 6.09 Å². The summed E-state index contributed by atoms with van der Waals surface area (Å²) in [5.41, 5.74) is -0.628. The van der Waals surface area contributed by atoms with Gasteiger partial charge in [0.2, 0.25) is 5.82 Å². The van der Waals surface area contributed by atoms with Gasteiger partial charge in [0.05, 0.1) is 6.54 Å². The maximum Gasteiger partial charge on any atom is 0.410 e. The highest BCUT2D eigenvalue weighted by Gasteiger charge is 2.32. The molecule has 1 atom stereocenters. The molecule has 122 valence electrons. The quantitative estimate of drug-likeness (QED) is 0.784. The van der Waals surface area contributed by atoms with Crippen LogP contribution in [0.4, 0.5) is 18.0 Å². The molecule has 0 N–H and O–H groups in total. The Labute approximate surface area is 126 Å². The van der Waals surface area contributed by atoms with Gasteiger partial charge in [-0.2, -0.15) is 4.39 Å². The summed E-state index contributed by atoms with van der Waals surface area (Å²) in [6.45, 7) is 5.70. The summed E-state index contributed by atoms with van der Waals surface area (Å²) in [5.74, 6) is -4.28. The molecule has 1 fully saturated rings. The number of nitrogens with zero attached hydrogens (tertiary/aromatic N) is 1. The van der Waals surface area contributed by atoms with Crippen LogP contribution < -0.4 is 4.74 Å². The minimum Gasteiger partial charge on any atom is -0.482 e. The van der Waals surface area contributed by atoms with Crippen molar-refractivity contribution in [2.45, 2.75) is 38.9 Å². The van der Waals surface area contributed by atoms with E-state index in [1.54, 1.807) is 20.8 Å². The van der Waals surface area contributed by atoms with Gasteiger partial charge in [-0.05, 0) is 32.9 Å². The van der Waals surface area contributed by atoms with Gasteiger partial charge in [0.1, 0.15) is 11.7 Å². The summed E-state index contributed by atoms with van der Waals surface area (Å²) >= 11 is 0. The van der Waals surface area contributed by atoms with Crippen LogP contribution in [-0.4, -0.2) is 35.8 Å². The fourth-order valence-corrected chi connectivity index (χ4v) is 2.10. The van der Waals surface area contributed by atoms with E-state index in [0.29, 0.717) is 19.0 Å². The van der Waals surface area contributed by atoms with Crippen LogP contribution in [0.15, 0.2) is 12.1 Å². The molecule has 0 aromatic heterocycles. The normalized spacial score (nSPS) is 18.5. The van der Waals surface area contributed by atoms with E-state index < -0.39 is 41.0 Å². The molecule has 1 aromatic carbocycles. The first kappa shape index (κ1) is 16.5. The average Bonchev–Trinajstić information content (AvgIpc) is 2.86. The van der Waals surface area contributed by atoms with Crippen molar-refractivity contribution in [2.24, 2.45) is 0 Å². The first-order valence-corrected chi connectivity index (χ1v) is 6.95. The van der Waals surface area contributed by atoms with Gasteiger partial charge < -0.3 is 14.4 Å². The largest absolute Gasteiger partial charge is 0.482 e. The standard InChI is InChI=1S/C15H18F3NO3/c1-15(2,3)22-14(20)19-7-6-9(8-19)21-13-11(17)5-4-10(16)12(13)18/h4-5,9H,6-8H2,1-3H3/t9-/m0/s1.